The molecule has 2 heterocycles. The molecule has 0 bridgehead atoms. The molecule has 2 unspecified atom stereocenters. The number of carbonyl (C=O) groups excluding carboxylic acids is 1. The van der Waals surface area contributed by atoms with Crippen molar-refractivity contribution in [3.8, 4) is 12.8 Å². The second kappa shape index (κ2) is 12.5. The molecular formula is C19H28FN3O6. The van der Waals surface area contributed by atoms with Gasteiger partial charge in [0.05, 0.1) is 24.1 Å². The molecule has 9 nitrogen and oxygen atoms in total. The molecule has 0 aliphatic carbocycles. The summed E-state index contributed by atoms with van der Waals surface area (Å²) >= 11 is 0. The number of esters is 1. The highest BCUT2D eigenvalue weighted by Crippen LogP contribution is 2.27. The first-order valence-electron chi connectivity index (χ1n) is 8.95. The molecule has 0 amide bonds. The highest BCUT2D eigenvalue weighted by atomic mass is 19.1. The Hall–Kier alpha value is -2.93. The Morgan fingerprint density at radius 2 is 1.90 bits per heavy atom. The van der Waals surface area contributed by atoms with Crippen molar-refractivity contribution in [3.63, 3.8) is 0 Å². The van der Waals surface area contributed by atoms with Crippen LogP contribution in [0.2, 0.25) is 0 Å². The summed E-state index contributed by atoms with van der Waals surface area (Å²) in [5, 5.41) is 7.99. The van der Waals surface area contributed by atoms with Gasteiger partial charge in [-0.05, 0) is 12.8 Å². The summed E-state index contributed by atoms with van der Waals surface area (Å²) in [6, 6.07) is 0. The van der Waals surface area contributed by atoms with Gasteiger partial charge in [0.15, 0.2) is 11.6 Å². The van der Waals surface area contributed by atoms with Gasteiger partial charge in [-0.25, -0.2) is 9.18 Å². The zero-order valence-electron chi connectivity index (χ0n) is 17.0. The van der Waals surface area contributed by atoms with Crippen LogP contribution in [-0.4, -0.2) is 39.3 Å². The summed E-state index contributed by atoms with van der Waals surface area (Å²) < 4.78 is 25.1. The van der Waals surface area contributed by atoms with Gasteiger partial charge in [0.1, 0.15) is 12.8 Å². The smallest absolute Gasteiger partial charge is 0.351 e. The van der Waals surface area contributed by atoms with Crippen molar-refractivity contribution in [1.82, 2.24) is 9.55 Å². The first kappa shape index (κ1) is 26.1. The van der Waals surface area contributed by atoms with Gasteiger partial charge in [-0.1, -0.05) is 27.7 Å². The summed E-state index contributed by atoms with van der Waals surface area (Å²) in [7, 11) is 0. The van der Waals surface area contributed by atoms with E-state index in [4.69, 9.17) is 20.3 Å². The maximum absolute atomic E-state index is 13.4. The maximum Gasteiger partial charge on any atom is 0.351 e. The van der Waals surface area contributed by atoms with Crippen LogP contribution in [0.5, 0.6) is 0 Å². The number of carboxylic acids is 1. The van der Waals surface area contributed by atoms with Crippen LogP contribution in [0, 0.1) is 30.5 Å². The quantitative estimate of drug-likeness (QED) is 0.551. The third-order valence-electron chi connectivity index (χ3n) is 3.71. The number of aromatic nitrogens is 2. The molecule has 1 aromatic heterocycles. The zero-order chi connectivity index (χ0) is 22.7. The third-order valence-corrected chi connectivity index (χ3v) is 3.71. The summed E-state index contributed by atoms with van der Waals surface area (Å²) in [4.78, 5) is 36.1. The number of rotatable bonds is 5. The summed E-state index contributed by atoms with van der Waals surface area (Å²) in [6.45, 7) is 6.88. The highest BCUT2D eigenvalue weighted by molar-refractivity contribution is 5.71. The summed E-state index contributed by atoms with van der Waals surface area (Å²) in [5.41, 5.74) is 4.56. The van der Waals surface area contributed by atoms with E-state index in [1.807, 2.05) is 0 Å². The minimum absolute atomic E-state index is 0.118. The minimum Gasteiger partial charge on any atom is -0.481 e. The highest BCUT2D eigenvalue weighted by Gasteiger charge is 2.29. The number of nitrogens with zero attached hydrogens (tertiary/aromatic N) is 2. The number of hydrogen-bond acceptors (Lipinski definition) is 7. The molecule has 162 valence electrons. The van der Waals surface area contributed by atoms with E-state index in [-0.39, 0.29) is 30.5 Å². The number of carboxylic acid groups (broad SMARTS) is 1. The van der Waals surface area contributed by atoms with Gasteiger partial charge in [0.2, 0.25) is 0 Å². The Morgan fingerprint density at radius 1 is 1.34 bits per heavy atom. The largest absolute Gasteiger partial charge is 0.481 e. The van der Waals surface area contributed by atoms with Gasteiger partial charge in [0.25, 0.3) is 0 Å². The number of anilines is 1. The lowest BCUT2D eigenvalue weighted by Gasteiger charge is -2.16. The van der Waals surface area contributed by atoms with Crippen LogP contribution in [0.4, 0.5) is 10.2 Å². The molecule has 10 heteroatoms. The molecule has 1 saturated heterocycles. The van der Waals surface area contributed by atoms with Crippen molar-refractivity contribution in [2.24, 2.45) is 11.8 Å². The average Bonchev–Trinajstić information content (AvgIpc) is 3.13. The fourth-order valence-corrected chi connectivity index (χ4v) is 2.02. The van der Waals surface area contributed by atoms with Gasteiger partial charge in [-0.2, -0.15) is 4.98 Å². The topological polar surface area (TPSA) is 134 Å². The van der Waals surface area contributed by atoms with Gasteiger partial charge in [0, 0.05) is 0 Å². The fraction of sp³-hybridized carbons (Fsp3) is 0.579. The second-order valence-corrected chi connectivity index (χ2v) is 6.73. The van der Waals surface area contributed by atoms with Gasteiger partial charge in [-0.3, -0.25) is 14.2 Å². The maximum atomic E-state index is 13.4. The third kappa shape index (κ3) is 8.74. The molecule has 1 aromatic rings. The molecule has 0 aromatic carbocycles. The lowest BCUT2D eigenvalue weighted by atomic mass is 10.2. The van der Waals surface area contributed by atoms with Crippen LogP contribution in [-0.2, 0) is 19.1 Å². The first-order valence-corrected chi connectivity index (χ1v) is 8.95. The average molecular weight is 413 g/mol. The van der Waals surface area contributed by atoms with Crippen LogP contribution in [0.25, 0.3) is 0 Å². The number of aliphatic carboxylic acids is 1. The van der Waals surface area contributed by atoms with Crippen LogP contribution >= 0.6 is 0 Å². The normalized spacial score (nSPS) is 17.7. The van der Waals surface area contributed by atoms with Crippen molar-refractivity contribution >= 4 is 17.8 Å². The number of nitrogens with two attached hydrogens (primary N) is 1. The molecule has 0 radical (unpaired) electrons. The van der Waals surface area contributed by atoms with E-state index < -0.39 is 29.5 Å². The predicted molar refractivity (Wildman–Crippen MR) is 104 cm³/mol. The predicted octanol–water partition coefficient (Wildman–Crippen LogP) is 1.82. The van der Waals surface area contributed by atoms with Crippen LogP contribution < -0.4 is 11.4 Å². The monoisotopic (exact) mass is 413 g/mol. The zero-order valence-corrected chi connectivity index (χ0v) is 17.0. The number of ether oxygens (including phenoxy) is 2. The minimum atomic E-state index is -0.770. The lowest BCUT2D eigenvalue weighted by molar-refractivity contribution is -0.152. The molecule has 1 aliphatic rings. The van der Waals surface area contributed by atoms with Crippen molar-refractivity contribution in [2.45, 2.75) is 52.9 Å². The number of hydrogen-bond donors (Lipinski definition) is 2. The Kier molecular flexibility index (Phi) is 11.2. The molecule has 29 heavy (non-hydrogen) atoms. The van der Waals surface area contributed by atoms with Crippen molar-refractivity contribution < 1.29 is 28.6 Å². The number of nitrogen functional groups attached to an aromatic ring is 1. The Labute approximate surface area is 169 Å². The lowest BCUT2D eigenvalue weighted by Crippen LogP contribution is -2.29. The molecule has 1 aliphatic heterocycles. The van der Waals surface area contributed by atoms with Crippen LogP contribution in [0.1, 0.15) is 46.8 Å². The molecule has 2 atom stereocenters. The van der Waals surface area contributed by atoms with Crippen LogP contribution in [0.15, 0.2) is 11.0 Å². The number of carbonyl (C=O) groups is 2. The van der Waals surface area contributed by atoms with Crippen molar-refractivity contribution in [3.05, 3.63) is 22.5 Å². The Balaban J connectivity index is 0.000000841. The molecule has 0 spiro atoms. The number of terminal acetylenes is 1. The summed E-state index contributed by atoms with van der Waals surface area (Å²) in [5.74, 6) is -2.69. The van der Waals surface area contributed by atoms with E-state index in [0.29, 0.717) is 12.8 Å². The van der Waals surface area contributed by atoms with Gasteiger partial charge in [-0.15, -0.1) is 12.8 Å². The van der Waals surface area contributed by atoms with Crippen molar-refractivity contribution in [1.29, 1.82) is 0 Å². The Bertz CT molecular complexity index is 760. The van der Waals surface area contributed by atoms with Crippen molar-refractivity contribution in [2.75, 3.05) is 12.3 Å². The van der Waals surface area contributed by atoms with Crippen LogP contribution in [0.3, 0.4) is 0 Å². The molecule has 0 saturated carbocycles. The van der Waals surface area contributed by atoms with E-state index in [1.165, 1.54) is 0 Å². The van der Waals surface area contributed by atoms with Gasteiger partial charge >= 0.3 is 17.6 Å². The van der Waals surface area contributed by atoms with E-state index >= 15 is 0 Å². The SMILES string of the molecule is C#C.CC(C)C(=O)O.CC(C)C(=O)OCC1CCC(n2cc(F)c(N)nc2=O)O1. The first-order chi connectivity index (χ1) is 13.5. The van der Waals surface area contributed by atoms with E-state index in [9.17, 15) is 18.8 Å². The standard InChI is InChI=1S/C13H18FN3O4.C4H8O2.C2H2/c1-7(2)12(18)20-6-8-3-4-10(21-8)17-5-9(14)11(15)16-13(17)19;1-3(2)4(5)6;1-2/h5,7-8,10H,3-4,6H2,1-2H3,(H2,15,16,19);3H,1-2H3,(H,5,6);1-2H. The van der Waals surface area contributed by atoms with E-state index in [2.05, 4.69) is 17.8 Å². The molecule has 3 N–H and O–H groups in total. The fourth-order valence-electron chi connectivity index (χ4n) is 2.02. The van der Waals surface area contributed by atoms with E-state index in [1.54, 1.807) is 27.7 Å². The van der Waals surface area contributed by atoms with Gasteiger partial charge < -0.3 is 20.3 Å². The molecule has 1 fully saturated rings. The Morgan fingerprint density at radius 3 is 2.38 bits per heavy atom. The second-order valence-electron chi connectivity index (χ2n) is 6.73. The summed E-state index contributed by atoms with van der Waals surface area (Å²) in [6.07, 6.45) is 9.16. The number of halogens is 1. The van der Waals surface area contributed by atoms with E-state index in [0.717, 1.165) is 10.8 Å². The molecule has 2 rings (SSSR count). The molecular weight excluding hydrogens is 385 g/mol.